The Bertz CT molecular complexity index is 564. The van der Waals surface area contributed by atoms with Gasteiger partial charge in [-0.05, 0) is 36.3 Å². The molecule has 1 aliphatic heterocycles. The Morgan fingerprint density at radius 3 is 2.78 bits per heavy atom. The summed E-state index contributed by atoms with van der Waals surface area (Å²) in [4.78, 5) is 23.9. The molecule has 1 aliphatic rings. The lowest BCUT2D eigenvalue weighted by Crippen LogP contribution is -2.46. The number of nitrogens with one attached hydrogen (secondary N) is 2. The molecule has 5 nitrogen and oxygen atoms in total. The Kier molecular flexibility index (Phi) is 5.64. The van der Waals surface area contributed by atoms with Crippen LogP contribution in [0.2, 0.25) is 0 Å². The minimum atomic E-state index is -0.452. The zero-order chi connectivity index (χ0) is 16.9. The van der Waals surface area contributed by atoms with Crippen LogP contribution in [0.3, 0.4) is 0 Å². The normalized spacial score (nSPS) is 18.7. The van der Waals surface area contributed by atoms with E-state index >= 15 is 0 Å². The first-order valence-electron chi connectivity index (χ1n) is 8.17. The van der Waals surface area contributed by atoms with Gasteiger partial charge in [-0.15, -0.1) is 0 Å². The van der Waals surface area contributed by atoms with Gasteiger partial charge in [0.15, 0.2) is 6.61 Å². The van der Waals surface area contributed by atoms with Crippen molar-refractivity contribution in [3.8, 4) is 5.75 Å². The van der Waals surface area contributed by atoms with E-state index in [1.807, 2.05) is 24.3 Å². The number of carbonyl (C=O) groups excluding carboxylic acids is 2. The highest BCUT2D eigenvalue weighted by Gasteiger charge is 2.23. The molecule has 126 valence electrons. The molecule has 1 saturated heterocycles. The van der Waals surface area contributed by atoms with Crippen molar-refractivity contribution in [2.45, 2.75) is 51.5 Å². The van der Waals surface area contributed by atoms with Gasteiger partial charge >= 0.3 is 0 Å². The van der Waals surface area contributed by atoms with Crippen molar-refractivity contribution in [1.82, 2.24) is 10.6 Å². The predicted molar refractivity (Wildman–Crippen MR) is 89.4 cm³/mol. The predicted octanol–water partition coefficient (Wildman–Crippen LogP) is 2.15. The monoisotopic (exact) mass is 318 g/mol. The number of rotatable bonds is 4. The summed E-state index contributed by atoms with van der Waals surface area (Å²) in [7, 11) is 0. The van der Waals surface area contributed by atoms with E-state index in [4.69, 9.17) is 4.74 Å². The smallest absolute Gasteiger partial charge is 0.258 e. The third kappa shape index (κ3) is 4.98. The van der Waals surface area contributed by atoms with Crippen LogP contribution in [0.1, 0.15) is 45.6 Å². The fourth-order valence-electron chi connectivity index (χ4n) is 2.67. The second-order valence-corrected chi connectivity index (χ2v) is 6.94. The Hall–Kier alpha value is -2.04. The molecule has 1 atom stereocenters. The summed E-state index contributed by atoms with van der Waals surface area (Å²) in [6.45, 7) is 6.90. The summed E-state index contributed by atoms with van der Waals surface area (Å²) in [5.74, 6) is 0.335. The Balaban J connectivity index is 1.93. The van der Waals surface area contributed by atoms with E-state index in [0.29, 0.717) is 18.7 Å². The molecule has 1 heterocycles. The van der Waals surface area contributed by atoms with E-state index in [-0.39, 0.29) is 23.8 Å². The van der Waals surface area contributed by atoms with E-state index < -0.39 is 6.04 Å². The van der Waals surface area contributed by atoms with Crippen LogP contribution in [-0.2, 0) is 15.0 Å². The van der Waals surface area contributed by atoms with E-state index in [1.165, 1.54) is 0 Å². The lowest BCUT2D eigenvalue weighted by atomic mass is 9.86. The highest BCUT2D eigenvalue weighted by atomic mass is 16.5. The van der Waals surface area contributed by atoms with Crippen molar-refractivity contribution >= 4 is 11.8 Å². The zero-order valence-electron chi connectivity index (χ0n) is 14.1. The lowest BCUT2D eigenvalue weighted by molar-refractivity contribution is -0.129. The molecule has 1 fully saturated rings. The van der Waals surface area contributed by atoms with E-state index in [2.05, 4.69) is 31.4 Å². The van der Waals surface area contributed by atoms with Gasteiger partial charge in [-0.3, -0.25) is 9.59 Å². The van der Waals surface area contributed by atoms with Crippen LogP contribution in [0.15, 0.2) is 24.3 Å². The molecule has 0 saturated carbocycles. The van der Waals surface area contributed by atoms with Crippen molar-refractivity contribution in [1.29, 1.82) is 0 Å². The molecule has 0 radical (unpaired) electrons. The molecule has 2 N–H and O–H groups in total. The van der Waals surface area contributed by atoms with Crippen LogP contribution in [-0.4, -0.2) is 31.0 Å². The molecule has 23 heavy (non-hydrogen) atoms. The number of ether oxygens (including phenoxy) is 1. The Morgan fingerprint density at radius 2 is 2.04 bits per heavy atom. The quantitative estimate of drug-likeness (QED) is 0.894. The van der Waals surface area contributed by atoms with Crippen LogP contribution in [0.5, 0.6) is 5.75 Å². The highest BCUT2D eigenvalue weighted by Crippen LogP contribution is 2.30. The largest absolute Gasteiger partial charge is 0.483 e. The number of hydrogen-bond acceptors (Lipinski definition) is 3. The third-order valence-corrected chi connectivity index (χ3v) is 3.92. The van der Waals surface area contributed by atoms with Crippen LogP contribution in [0, 0.1) is 0 Å². The molecule has 2 amide bonds. The molecule has 0 bridgehead atoms. The van der Waals surface area contributed by atoms with Gasteiger partial charge < -0.3 is 15.4 Å². The zero-order valence-corrected chi connectivity index (χ0v) is 14.1. The van der Waals surface area contributed by atoms with Crippen LogP contribution >= 0.6 is 0 Å². The van der Waals surface area contributed by atoms with Crippen molar-refractivity contribution < 1.29 is 14.3 Å². The second kappa shape index (κ2) is 7.49. The third-order valence-electron chi connectivity index (χ3n) is 3.92. The summed E-state index contributed by atoms with van der Waals surface area (Å²) >= 11 is 0. The van der Waals surface area contributed by atoms with E-state index in [1.54, 1.807) is 0 Å². The molecule has 0 aliphatic carbocycles. The number of hydrogen-bond donors (Lipinski definition) is 2. The summed E-state index contributed by atoms with van der Waals surface area (Å²) < 4.78 is 5.69. The van der Waals surface area contributed by atoms with E-state index in [9.17, 15) is 9.59 Å². The van der Waals surface area contributed by atoms with Gasteiger partial charge in [0, 0.05) is 6.54 Å². The number of para-hydroxylation sites is 1. The first-order valence-corrected chi connectivity index (χ1v) is 8.17. The Morgan fingerprint density at radius 1 is 1.30 bits per heavy atom. The summed E-state index contributed by atoms with van der Waals surface area (Å²) in [6, 6.07) is 7.27. The molecule has 2 rings (SSSR count). The minimum absolute atomic E-state index is 0.0613. The van der Waals surface area contributed by atoms with Gasteiger partial charge in [-0.25, -0.2) is 0 Å². The maximum absolute atomic E-state index is 12.1. The molecular weight excluding hydrogens is 292 g/mol. The Labute approximate surface area is 137 Å². The molecule has 1 aromatic carbocycles. The van der Waals surface area contributed by atoms with Gasteiger partial charge in [0.1, 0.15) is 11.8 Å². The fourth-order valence-corrected chi connectivity index (χ4v) is 2.67. The average Bonchev–Trinajstić information content (AvgIpc) is 2.70. The van der Waals surface area contributed by atoms with Crippen LogP contribution in [0.25, 0.3) is 0 Å². The number of amides is 2. The molecule has 5 heteroatoms. The van der Waals surface area contributed by atoms with Crippen molar-refractivity contribution in [2.24, 2.45) is 0 Å². The van der Waals surface area contributed by atoms with Gasteiger partial charge in [0.2, 0.25) is 5.91 Å². The molecule has 1 aromatic rings. The summed E-state index contributed by atoms with van der Waals surface area (Å²) in [5, 5.41) is 5.57. The summed E-state index contributed by atoms with van der Waals surface area (Å²) in [6.07, 6.45) is 2.56. The van der Waals surface area contributed by atoms with Crippen LogP contribution < -0.4 is 15.4 Å². The maximum Gasteiger partial charge on any atom is 0.258 e. The standard InChI is InChI=1S/C18H26N2O3/c1-18(2,3)13-8-4-5-10-15(13)23-12-16(21)20-14-9-6-7-11-19-17(14)22/h4-5,8,10,14H,6-7,9,11-12H2,1-3H3,(H,19,22)(H,20,21)/t14-/m1/s1. The van der Waals surface area contributed by atoms with Crippen molar-refractivity contribution in [3.05, 3.63) is 29.8 Å². The van der Waals surface area contributed by atoms with E-state index in [0.717, 1.165) is 18.4 Å². The molecule has 0 unspecified atom stereocenters. The summed E-state index contributed by atoms with van der Waals surface area (Å²) in [5.41, 5.74) is 0.994. The number of carbonyl (C=O) groups is 2. The molecule has 0 aromatic heterocycles. The van der Waals surface area contributed by atoms with Gasteiger partial charge in [-0.2, -0.15) is 0 Å². The molecule has 0 spiro atoms. The van der Waals surface area contributed by atoms with Gasteiger partial charge in [0.25, 0.3) is 5.91 Å². The fraction of sp³-hybridized carbons (Fsp3) is 0.556. The average molecular weight is 318 g/mol. The van der Waals surface area contributed by atoms with Crippen molar-refractivity contribution in [3.63, 3.8) is 0 Å². The SMILES string of the molecule is CC(C)(C)c1ccccc1OCC(=O)N[C@@H]1CCCCNC1=O. The van der Waals surface area contributed by atoms with Gasteiger partial charge in [-0.1, -0.05) is 39.0 Å². The molecular formula is C18H26N2O3. The topological polar surface area (TPSA) is 67.4 Å². The van der Waals surface area contributed by atoms with Crippen LogP contribution in [0.4, 0.5) is 0 Å². The first-order chi connectivity index (χ1) is 10.9. The maximum atomic E-state index is 12.1. The highest BCUT2D eigenvalue weighted by molar-refractivity contribution is 5.88. The lowest BCUT2D eigenvalue weighted by Gasteiger charge is -2.23. The minimum Gasteiger partial charge on any atom is -0.483 e. The second-order valence-electron chi connectivity index (χ2n) is 6.94. The van der Waals surface area contributed by atoms with Gasteiger partial charge in [0.05, 0.1) is 0 Å². The first kappa shape index (κ1) is 17.3. The van der Waals surface area contributed by atoms with Crippen molar-refractivity contribution in [2.75, 3.05) is 13.2 Å². The number of benzene rings is 1.